The van der Waals surface area contributed by atoms with E-state index in [9.17, 15) is 0 Å². The monoisotopic (exact) mass is 473 g/mol. The topological polar surface area (TPSA) is 40.0 Å². The molecule has 3 rings (SSSR count). The van der Waals surface area contributed by atoms with Crippen molar-refractivity contribution in [1.29, 1.82) is 0 Å². The van der Waals surface area contributed by atoms with E-state index in [1.165, 1.54) is 0 Å². The maximum absolute atomic E-state index is 6.49. The van der Waals surface area contributed by atoms with Crippen LogP contribution in [-0.2, 0) is 6.61 Å². The van der Waals surface area contributed by atoms with Crippen molar-refractivity contribution in [2.24, 2.45) is 4.99 Å². The van der Waals surface area contributed by atoms with E-state index in [-0.39, 0.29) is 0 Å². The van der Waals surface area contributed by atoms with Crippen molar-refractivity contribution in [3.63, 3.8) is 0 Å². The quantitative estimate of drug-likeness (QED) is 0.336. The summed E-state index contributed by atoms with van der Waals surface area (Å²) in [7, 11) is 1.63. The molecular formula is C23H21BrClNO3. The number of halogens is 2. The molecule has 0 aliphatic carbocycles. The van der Waals surface area contributed by atoms with Gasteiger partial charge in [0.1, 0.15) is 12.4 Å². The van der Waals surface area contributed by atoms with Gasteiger partial charge in [-0.2, -0.15) is 0 Å². The molecule has 0 unspecified atom stereocenters. The smallest absolute Gasteiger partial charge is 0.180 e. The maximum atomic E-state index is 6.49. The average Bonchev–Trinajstić information content (AvgIpc) is 2.73. The maximum Gasteiger partial charge on any atom is 0.180 e. The van der Waals surface area contributed by atoms with Crippen molar-refractivity contribution in [1.82, 2.24) is 0 Å². The fourth-order valence-corrected chi connectivity index (χ4v) is 3.16. The Labute approximate surface area is 184 Å². The van der Waals surface area contributed by atoms with Crippen LogP contribution in [0.5, 0.6) is 17.2 Å². The van der Waals surface area contributed by atoms with Gasteiger partial charge < -0.3 is 14.2 Å². The van der Waals surface area contributed by atoms with E-state index in [4.69, 9.17) is 25.8 Å². The number of aliphatic imine (C=N–C) groups is 1. The number of rotatable bonds is 8. The summed E-state index contributed by atoms with van der Waals surface area (Å²) in [6.45, 7) is 2.82. The molecule has 0 aromatic heterocycles. The first kappa shape index (κ1) is 21.2. The highest BCUT2D eigenvalue weighted by Crippen LogP contribution is 2.37. The lowest BCUT2D eigenvalue weighted by molar-refractivity contribution is 0.269. The predicted molar refractivity (Wildman–Crippen MR) is 121 cm³/mol. The summed E-state index contributed by atoms with van der Waals surface area (Å²) in [5, 5.41) is 0.476. The van der Waals surface area contributed by atoms with Crippen molar-refractivity contribution in [3.8, 4) is 17.2 Å². The summed E-state index contributed by atoms with van der Waals surface area (Å²) in [6, 6.07) is 19.1. The van der Waals surface area contributed by atoms with Gasteiger partial charge in [-0.3, -0.25) is 4.99 Å². The van der Waals surface area contributed by atoms with Gasteiger partial charge in [0.15, 0.2) is 11.5 Å². The van der Waals surface area contributed by atoms with Gasteiger partial charge in [-0.1, -0.05) is 39.7 Å². The van der Waals surface area contributed by atoms with Crippen molar-refractivity contribution < 1.29 is 14.2 Å². The minimum absolute atomic E-state index is 0.395. The Balaban J connectivity index is 1.79. The Morgan fingerprint density at radius 2 is 1.72 bits per heavy atom. The lowest BCUT2D eigenvalue weighted by atomic mass is 10.2. The average molecular weight is 475 g/mol. The fourth-order valence-electron chi connectivity index (χ4n) is 2.62. The molecule has 6 heteroatoms. The zero-order chi connectivity index (χ0) is 20.6. The zero-order valence-corrected chi connectivity index (χ0v) is 18.5. The number of nitrogens with zero attached hydrogens (tertiary/aromatic N) is 1. The Bertz CT molecular complexity index is 973. The third kappa shape index (κ3) is 5.99. The lowest BCUT2D eigenvalue weighted by Gasteiger charge is -2.14. The van der Waals surface area contributed by atoms with Gasteiger partial charge in [0.05, 0.1) is 24.4 Å². The van der Waals surface area contributed by atoms with E-state index >= 15 is 0 Å². The number of hydrogen-bond acceptors (Lipinski definition) is 4. The van der Waals surface area contributed by atoms with Gasteiger partial charge in [0.25, 0.3) is 0 Å². The molecule has 0 radical (unpaired) electrons. The Kier molecular flexibility index (Phi) is 7.55. The van der Waals surface area contributed by atoms with Crippen LogP contribution in [-0.4, -0.2) is 19.9 Å². The number of benzene rings is 3. The Hall–Kier alpha value is -2.50. The summed E-state index contributed by atoms with van der Waals surface area (Å²) in [4.78, 5) is 4.49. The van der Waals surface area contributed by atoms with Gasteiger partial charge in [-0.15, -0.1) is 0 Å². The molecule has 0 saturated heterocycles. The molecule has 0 spiro atoms. The van der Waals surface area contributed by atoms with Crippen LogP contribution in [0.2, 0.25) is 5.02 Å². The van der Waals surface area contributed by atoms with Crippen LogP contribution in [0.3, 0.4) is 0 Å². The molecule has 3 aromatic carbocycles. The molecule has 0 amide bonds. The van der Waals surface area contributed by atoms with Crippen molar-refractivity contribution in [2.75, 3.05) is 13.7 Å². The summed E-state index contributed by atoms with van der Waals surface area (Å²) in [5.74, 6) is 1.91. The van der Waals surface area contributed by atoms with Gasteiger partial charge >= 0.3 is 0 Å². The molecule has 4 nitrogen and oxygen atoms in total. The van der Waals surface area contributed by atoms with Crippen molar-refractivity contribution >= 4 is 39.4 Å². The standard InChI is InChI=1S/C23H21BrClNO3/c1-3-28-22-13-17(14-26-19-8-10-20(27-2)11-9-19)12-21(25)23(22)29-15-16-4-6-18(24)7-5-16/h4-14H,3,15H2,1-2H3. The number of ether oxygens (including phenoxy) is 3. The van der Waals surface area contributed by atoms with Gasteiger partial charge in [-0.05, 0) is 66.6 Å². The molecule has 0 atom stereocenters. The van der Waals surface area contributed by atoms with Crippen LogP contribution in [0.4, 0.5) is 5.69 Å². The fraction of sp³-hybridized carbons (Fsp3) is 0.174. The van der Waals surface area contributed by atoms with Crippen LogP contribution < -0.4 is 14.2 Å². The first-order valence-corrected chi connectivity index (χ1v) is 10.3. The number of hydrogen-bond donors (Lipinski definition) is 0. The molecule has 0 aliphatic heterocycles. The molecule has 0 N–H and O–H groups in total. The first-order chi connectivity index (χ1) is 14.1. The largest absolute Gasteiger partial charge is 0.497 e. The van der Waals surface area contributed by atoms with Gasteiger partial charge in [0.2, 0.25) is 0 Å². The minimum Gasteiger partial charge on any atom is -0.497 e. The van der Waals surface area contributed by atoms with Crippen LogP contribution in [0, 0.1) is 0 Å². The Morgan fingerprint density at radius 3 is 2.38 bits per heavy atom. The third-order valence-electron chi connectivity index (χ3n) is 4.06. The van der Waals surface area contributed by atoms with Gasteiger partial charge in [0, 0.05) is 10.7 Å². The molecule has 29 heavy (non-hydrogen) atoms. The highest BCUT2D eigenvalue weighted by molar-refractivity contribution is 9.10. The summed E-state index contributed by atoms with van der Waals surface area (Å²) >= 11 is 9.92. The summed E-state index contributed by atoms with van der Waals surface area (Å²) in [6.07, 6.45) is 1.74. The van der Waals surface area contributed by atoms with E-state index in [0.717, 1.165) is 27.0 Å². The summed E-state index contributed by atoms with van der Waals surface area (Å²) < 4.78 is 17.9. The molecule has 3 aromatic rings. The Morgan fingerprint density at radius 1 is 1.00 bits per heavy atom. The van der Waals surface area contributed by atoms with E-state index < -0.39 is 0 Å². The second-order valence-electron chi connectivity index (χ2n) is 6.13. The van der Waals surface area contributed by atoms with E-state index in [0.29, 0.717) is 29.7 Å². The van der Waals surface area contributed by atoms with Gasteiger partial charge in [-0.25, -0.2) is 0 Å². The second-order valence-corrected chi connectivity index (χ2v) is 7.46. The number of methoxy groups -OCH3 is 1. The van der Waals surface area contributed by atoms with E-state index in [2.05, 4.69) is 20.9 Å². The molecule has 0 saturated carbocycles. The predicted octanol–water partition coefficient (Wildman–Crippen LogP) is 6.84. The van der Waals surface area contributed by atoms with Crippen molar-refractivity contribution in [2.45, 2.75) is 13.5 Å². The molecule has 0 aliphatic rings. The first-order valence-electron chi connectivity index (χ1n) is 9.10. The molecule has 0 heterocycles. The molecule has 0 fully saturated rings. The molecule has 0 bridgehead atoms. The molecular weight excluding hydrogens is 454 g/mol. The van der Waals surface area contributed by atoms with E-state index in [1.54, 1.807) is 13.3 Å². The highest BCUT2D eigenvalue weighted by atomic mass is 79.9. The van der Waals surface area contributed by atoms with Crippen molar-refractivity contribution in [3.05, 3.63) is 81.3 Å². The lowest BCUT2D eigenvalue weighted by Crippen LogP contribution is -2.01. The summed E-state index contributed by atoms with van der Waals surface area (Å²) in [5.41, 5.74) is 2.68. The van der Waals surface area contributed by atoms with E-state index in [1.807, 2.05) is 67.6 Å². The zero-order valence-electron chi connectivity index (χ0n) is 16.2. The van der Waals surface area contributed by atoms with Crippen LogP contribution in [0.25, 0.3) is 0 Å². The second kappa shape index (κ2) is 10.3. The minimum atomic E-state index is 0.395. The van der Waals surface area contributed by atoms with Crippen LogP contribution >= 0.6 is 27.5 Å². The third-order valence-corrected chi connectivity index (χ3v) is 4.87. The SMILES string of the molecule is CCOc1cc(C=Nc2ccc(OC)cc2)cc(Cl)c1OCc1ccc(Br)cc1. The van der Waals surface area contributed by atoms with Crippen LogP contribution in [0.1, 0.15) is 18.1 Å². The van der Waals surface area contributed by atoms with Crippen LogP contribution in [0.15, 0.2) is 70.1 Å². The molecule has 150 valence electrons. The highest BCUT2D eigenvalue weighted by Gasteiger charge is 2.12. The normalized spacial score (nSPS) is 10.9.